The molecular weight excluding hydrogens is 445 g/mol. The van der Waals surface area contributed by atoms with E-state index >= 15 is 0 Å². The third-order valence-corrected chi connectivity index (χ3v) is 5.41. The highest BCUT2D eigenvalue weighted by molar-refractivity contribution is 7.15. The van der Waals surface area contributed by atoms with E-state index in [0.29, 0.717) is 21.4 Å². The Morgan fingerprint density at radius 1 is 1.27 bits per heavy atom. The number of thiophene rings is 1. The molecule has 0 aliphatic carbocycles. The van der Waals surface area contributed by atoms with Crippen molar-refractivity contribution in [3.8, 4) is 11.4 Å². The van der Waals surface area contributed by atoms with Crippen LogP contribution in [0.2, 0.25) is 5.02 Å². The number of aromatic nitrogens is 5. The Labute approximate surface area is 174 Å². The van der Waals surface area contributed by atoms with Gasteiger partial charge >= 0.3 is 6.18 Å². The van der Waals surface area contributed by atoms with Gasteiger partial charge in [-0.25, -0.2) is 9.97 Å². The van der Waals surface area contributed by atoms with E-state index in [0.717, 1.165) is 34.1 Å². The number of H-pyrrole nitrogens is 1. The van der Waals surface area contributed by atoms with Gasteiger partial charge in [0.25, 0.3) is 5.56 Å². The number of fused-ring (bicyclic) bond motifs is 1. The summed E-state index contributed by atoms with van der Waals surface area (Å²) in [6, 6.07) is 4.12. The van der Waals surface area contributed by atoms with Gasteiger partial charge in [-0.1, -0.05) is 11.6 Å². The van der Waals surface area contributed by atoms with E-state index in [-0.39, 0.29) is 11.0 Å². The molecule has 154 valence electrons. The lowest BCUT2D eigenvalue weighted by Crippen LogP contribution is -2.27. The maximum atomic E-state index is 12.9. The first kappa shape index (κ1) is 20.0. The summed E-state index contributed by atoms with van der Waals surface area (Å²) < 4.78 is 39.7. The Balaban J connectivity index is 1.64. The smallest absolute Gasteiger partial charge is 0.315 e. The van der Waals surface area contributed by atoms with Crippen molar-refractivity contribution in [1.82, 2.24) is 24.7 Å². The first-order chi connectivity index (χ1) is 14.2. The second-order valence-electron chi connectivity index (χ2n) is 6.03. The number of carbonyl (C=O) groups excluding carboxylic acids is 1. The molecule has 0 bridgehead atoms. The van der Waals surface area contributed by atoms with Crippen LogP contribution in [0.25, 0.3) is 22.4 Å². The summed E-state index contributed by atoms with van der Waals surface area (Å²) in [6.45, 7) is -0.436. The zero-order chi connectivity index (χ0) is 21.5. The lowest BCUT2D eigenvalue weighted by atomic mass is 10.2. The molecule has 0 radical (unpaired) electrons. The molecule has 0 atom stereocenters. The third-order valence-electron chi connectivity index (χ3n) is 4.09. The Morgan fingerprint density at radius 3 is 2.77 bits per heavy atom. The minimum absolute atomic E-state index is 0.0567. The number of alkyl halides is 3. The highest BCUT2D eigenvalue weighted by Gasteiger charge is 2.32. The molecule has 0 saturated heterocycles. The summed E-state index contributed by atoms with van der Waals surface area (Å²) in [4.78, 5) is 32.4. The minimum atomic E-state index is -4.62. The summed E-state index contributed by atoms with van der Waals surface area (Å²) in [5.74, 6) is -0.230. The second-order valence-corrected chi connectivity index (χ2v) is 7.31. The van der Waals surface area contributed by atoms with Crippen molar-refractivity contribution in [3.63, 3.8) is 0 Å². The van der Waals surface area contributed by atoms with E-state index in [4.69, 9.17) is 11.6 Å². The van der Waals surface area contributed by atoms with Crippen molar-refractivity contribution in [2.75, 3.05) is 5.32 Å². The van der Waals surface area contributed by atoms with Gasteiger partial charge in [-0.2, -0.15) is 18.3 Å². The molecule has 8 nitrogen and oxygen atoms in total. The minimum Gasteiger partial charge on any atom is -0.315 e. The first-order valence-corrected chi connectivity index (χ1v) is 9.50. The van der Waals surface area contributed by atoms with E-state index < -0.39 is 29.9 Å². The molecule has 0 fully saturated rings. The molecule has 0 aliphatic heterocycles. The van der Waals surface area contributed by atoms with Crippen LogP contribution in [0.4, 0.5) is 18.2 Å². The number of aromatic amines is 1. The van der Waals surface area contributed by atoms with Crippen LogP contribution in [0.1, 0.15) is 5.69 Å². The largest absolute Gasteiger partial charge is 0.433 e. The molecule has 0 aliphatic rings. The summed E-state index contributed by atoms with van der Waals surface area (Å²) in [5.41, 5.74) is -1.16. The van der Waals surface area contributed by atoms with E-state index in [2.05, 4.69) is 25.5 Å². The van der Waals surface area contributed by atoms with Crippen molar-refractivity contribution >= 4 is 44.9 Å². The van der Waals surface area contributed by atoms with Crippen LogP contribution < -0.4 is 10.9 Å². The summed E-state index contributed by atoms with van der Waals surface area (Å²) in [5, 5.41) is 11.4. The number of rotatable bonds is 4. The Bertz CT molecular complexity index is 1300. The molecule has 0 saturated carbocycles. The lowest BCUT2D eigenvalue weighted by molar-refractivity contribution is -0.141. The fourth-order valence-corrected chi connectivity index (χ4v) is 3.99. The number of hydrogen-bond donors (Lipinski definition) is 2. The average Bonchev–Trinajstić information content (AvgIpc) is 3.32. The molecular formula is C17H10ClF3N6O2S. The number of amides is 1. The molecule has 1 amide bonds. The molecule has 0 spiro atoms. The average molecular weight is 455 g/mol. The van der Waals surface area contributed by atoms with Crippen molar-refractivity contribution < 1.29 is 18.0 Å². The SMILES string of the molecule is O=C(Cn1c(=O)ccc2nc(C(F)(F)F)ccc21)Nc1scc(Cl)c1-c1ncn[nH]1. The van der Waals surface area contributed by atoms with Gasteiger partial charge in [-0.15, -0.1) is 11.3 Å². The standard InChI is InChI=1S/C17H10ClF3N6O2S/c18-8-6-30-16(14(8)15-22-7-23-26-15)25-12(28)5-27-10-2-3-11(17(19,20)21)24-9(10)1-4-13(27)29/h1-4,6-7H,5H2,(H,25,28)(H,22,23,26). The van der Waals surface area contributed by atoms with Crippen molar-refractivity contribution in [3.05, 3.63) is 57.0 Å². The molecule has 0 unspecified atom stereocenters. The Hall–Kier alpha value is -3.25. The Kier molecular flexibility index (Phi) is 5.03. The predicted molar refractivity (Wildman–Crippen MR) is 104 cm³/mol. The van der Waals surface area contributed by atoms with Crippen LogP contribution in [-0.4, -0.2) is 30.6 Å². The number of pyridine rings is 2. The van der Waals surface area contributed by atoms with Crippen molar-refractivity contribution in [2.45, 2.75) is 12.7 Å². The van der Waals surface area contributed by atoms with Crippen LogP contribution in [-0.2, 0) is 17.5 Å². The van der Waals surface area contributed by atoms with Gasteiger partial charge in [-0.05, 0) is 18.2 Å². The van der Waals surface area contributed by atoms with E-state index in [1.807, 2.05) is 0 Å². The third kappa shape index (κ3) is 3.78. The maximum Gasteiger partial charge on any atom is 0.433 e. The van der Waals surface area contributed by atoms with Gasteiger partial charge in [0.15, 0.2) is 5.82 Å². The van der Waals surface area contributed by atoms with Crippen LogP contribution in [0.15, 0.2) is 40.8 Å². The van der Waals surface area contributed by atoms with Gasteiger partial charge in [0.1, 0.15) is 23.6 Å². The van der Waals surface area contributed by atoms with Crippen LogP contribution in [0, 0.1) is 0 Å². The lowest BCUT2D eigenvalue weighted by Gasteiger charge is -2.12. The van der Waals surface area contributed by atoms with Crippen molar-refractivity contribution in [1.29, 1.82) is 0 Å². The molecule has 4 heterocycles. The van der Waals surface area contributed by atoms with Crippen LogP contribution in [0.3, 0.4) is 0 Å². The summed E-state index contributed by atoms with van der Waals surface area (Å²) in [6.07, 6.45) is -3.34. The number of hydrogen-bond acceptors (Lipinski definition) is 6. The highest BCUT2D eigenvalue weighted by Crippen LogP contribution is 2.38. The second kappa shape index (κ2) is 7.54. The van der Waals surface area contributed by atoms with E-state index in [9.17, 15) is 22.8 Å². The Morgan fingerprint density at radius 2 is 2.07 bits per heavy atom. The quantitative estimate of drug-likeness (QED) is 0.490. The summed E-state index contributed by atoms with van der Waals surface area (Å²) in [7, 11) is 0. The maximum absolute atomic E-state index is 12.9. The van der Waals surface area contributed by atoms with Crippen molar-refractivity contribution in [2.24, 2.45) is 0 Å². The fourth-order valence-electron chi connectivity index (χ4n) is 2.78. The van der Waals surface area contributed by atoms with Gasteiger partial charge in [0, 0.05) is 11.4 Å². The normalized spacial score (nSPS) is 11.7. The number of halogens is 4. The van der Waals surface area contributed by atoms with Gasteiger partial charge in [0.2, 0.25) is 5.91 Å². The monoisotopic (exact) mass is 454 g/mol. The van der Waals surface area contributed by atoms with Gasteiger partial charge in [-0.3, -0.25) is 19.3 Å². The molecule has 30 heavy (non-hydrogen) atoms. The zero-order valence-corrected chi connectivity index (χ0v) is 16.3. The topological polar surface area (TPSA) is 106 Å². The van der Waals surface area contributed by atoms with Crippen LogP contribution >= 0.6 is 22.9 Å². The first-order valence-electron chi connectivity index (χ1n) is 8.24. The number of anilines is 1. The zero-order valence-electron chi connectivity index (χ0n) is 14.7. The fraction of sp³-hybridized carbons (Fsp3) is 0.118. The highest BCUT2D eigenvalue weighted by atomic mass is 35.5. The number of nitrogens with one attached hydrogen (secondary N) is 2. The summed E-state index contributed by atoms with van der Waals surface area (Å²) >= 11 is 7.30. The van der Waals surface area contributed by atoms with Gasteiger partial charge < -0.3 is 5.32 Å². The van der Waals surface area contributed by atoms with Gasteiger partial charge in [0.05, 0.1) is 21.6 Å². The molecule has 4 rings (SSSR count). The number of carbonyl (C=O) groups is 1. The molecule has 13 heteroatoms. The predicted octanol–water partition coefficient (Wildman–Crippen LogP) is 3.55. The van der Waals surface area contributed by atoms with E-state index in [1.54, 1.807) is 5.38 Å². The van der Waals surface area contributed by atoms with E-state index in [1.165, 1.54) is 12.4 Å². The number of nitrogens with zero attached hydrogens (tertiary/aromatic N) is 4. The van der Waals surface area contributed by atoms with Crippen LogP contribution in [0.5, 0.6) is 0 Å². The molecule has 2 N–H and O–H groups in total. The molecule has 4 aromatic heterocycles. The molecule has 4 aromatic rings. The molecule has 0 aromatic carbocycles.